The first-order valence-electron chi connectivity index (χ1n) is 6.51. The Bertz CT molecular complexity index is 879. The van der Waals surface area contributed by atoms with Crippen LogP contribution >= 0.6 is 11.6 Å². The van der Waals surface area contributed by atoms with Gasteiger partial charge in [-0.2, -0.15) is 0 Å². The van der Waals surface area contributed by atoms with Crippen molar-refractivity contribution in [2.75, 3.05) is 0 Å². The molecule has 3 rings (SSSR count). The lowest BCUT2D eigenvalue weighted by molar-refractivity contribution is 0.219. The highest BCUT2D eigenvalue weighted by molar-refractivity contribution is 6.30. The molecule has 0 bridgehead atoms. The van der Waals surface area contributed by atoms with Crippen molar-refractivity contribution in [2.45, 2.75) is 13.0 Å². The van der Waals surface area contributed by atoms with E-state index in [1.807, 2.05) is 6.92 Å². The number of halogens is 1. The van der Waals surface area contributed by atoms with Gasteiger partial charge in [-0.05, 0) is 47.9 Å². The quantitative estimate of drug-likeness (QED) is 0.791. The lowest BCUT2D eigenvalue weighted by Gasteiger charge is -2.14. The predicted molar refractivity (Wildman–Crippen MR) is 81.7 cm³/mol. The number of aliphatic hydroxyl groups is 1. The van der Waals surface area contributed by atoms with Crippen LogP contribution in [0, 0.1) is 6.92 Å². The zero-order valence-corrected chi connectivity index (χ0v) is 12.4. The normalized spacial score (nSPS) is 12.8. The molecule has 1 atom stereocenters. The summed E-state index contributed by atoms with van der Waals surface area (Å²) in [6.45, 7) is 1.89. The molecular formula is C16H14ClNO3. The van der Waals surface area contributed by atoms with Crippen molar-refractivity contribution in [3.8, 4) is 0 Å². The van der Waals surface area contributed by atoms with E-state index in [0.29, 0.717) is 21.7 Å². The Morgan fingerprint density at radius 2 is 2.00 bits per heavy atom. The third-order valence-electron chi connectivity index (χ3n) is 3.66. The van der Waals surface area contributed by atoms with Crippen molar-refractivity contribution in [3.63, 3.8) is 0 Å². The van der Waals surface area contributed by atoms with Gasteiger partial charge in [-0.1, -0.05) is 23.7 Å². The summed E-state index contributed by atoms with van der Waals surface area (Å²) in [5, 5.41) is 11.2. The van der Waals surface area contributed by atoms with E-state index in [4.69, 9.17) is 16.0 Å². The van der Waals surface area contributed by atoms with Crippen LogP contribution in [-0.4, -0.2) is 9.67 Å². The van der Waals surface area contributed by atoms with Crippen molar-refractivity contribution in [1.82, 2.24) is 4.57 Å². The highest BCUT2D eigenvalue weighted by Gasteiger charge is 2.15. The summed E-state index contributed by atoms with van der Waals surface area (Å²) in [5.41, 5.74) is 3.51. The Morgan fingerprint density at radius 1 is 1.24 bits per heavy atom. The van der Waals surface area contributed by atoms with Gasteiger partial charge < -0.3 is 9.52 Å². The van der Waals surface area contributed by atoms with E-state index in [-0.39, 0.29) is 0 Å². The Kier molecular flexibility index (Phi) is 3.35. The largest absolute Gasteiger partial charge is 0.419 e. The Hall–Kier alpha value is -2.04. The molecule has 0 fully saturated rings. The number of hydrogen-bond donors (Lipinski definition) is 1. The van der Waals surface area contributed by atoms with Gasteiger partial charge in [0.15, 0.2) is 5.58 Å². The molecule has 0 aliphatic rings. The third-order valence-corrected chi connectivity index (χ3v) is 3.89. The van der Waals surface area contributed by atoms with Gasteiger partial charge in [-0.3, -0.25) is 4.57 Å². The van der Waals surface area contributed by atoms with Crippen LogP contribution in [0.4, 0.5) is 0 Å². The van der Waals surface area contributed by atoms with E-state index in [0.717, 1.165) is 11.1 Å². The molecule has 0 aliphatic carbocycles. The van der Waals surface area contributed by atoms with E-state index in [2.05, 4.69) is 0 Å². The summed E-state index contributed by atoms with van der Waals surface area (Å²) in [6.07, 6.45) is -0.794. The SMILES string of the molecule is Cc1cc(Cl)ccc1C(O)c1ccc2c(c1)oc(=O)n2C. The maximum atomic E-state index is 11.5. The van der Waals surface area contributed by atoms with Crippen molar-refractivity contribution >= 4 is 22.7 Å². The minimum Gasteiger partial charge on any atom is -0.408 e. The number of aliphatic hydroxyl groups excluding tert-OH is 1. The number of aryl methyl sites for hydroxylation is 2. The number of hydrogen-bond acceptors (Lipinski definition) is 3. The highest BCUT2D eigenvalue weighted by Crippen LogP contribution is 2.28. The van der Waals surface area contributed by atoms with Gasteiger partial charge in [-0.15, -0.1) is 0 Å². The lowest BCUT2D eigenvalue weighted by atomic mass is 9.97. The van der Waals surface area contributed by atoms with Crippen molar-refractivity contribution in [1.29, 1.82) is 0 Å². The Balaban J connectivity index is 2.09. The Morgan fingerprint density at radius 3 is 2.71 bits per heavy atom. The number of fused-ring (bicyclic) bond motifs is 1. The van der Waals surface area contributed by atoms with Crippen LogP contribution in [0.3, 0.4) is 0 Å². The van der Waals surface area contributed by atoms with E-state index in [1.165, 1.54) is 4.57 Å². The van der Waals surface area contributed by atoms with Gasteiger partial charge in [0.25, 0.3) is 0 Å². The van der Waals surface area contributed by atoms with Crippen molar-refractivity contribution < 1.29 is 9.52 Å². The minimum absolute atomic E-state index is 0.417. The number of rotatable bonds is 2. The van der Waals surface area contributed by atoms with Crippen LogP contribution < -0.4 is 5.76 Å². The zero-order valence-electron chi connectivity index (χ0n) is 11.6. The first kappa shape index (κ1) is 13.9. The van der Waals surface area contributed by atoms with Crippen LogP contribution in [0.1, 0.15) is 22.8 Å². The zero-order chi connectivity index (χ0) is 15.1. The molecule has 1 heterocycles. The second-order valence-corrected chi connectivity index (χ2v) is 5.49. The molecule has 21 heavy (non-hydrogen) atoms. The first-order chi connectivity index (χ1) is 9.97. The molecular weight excluding hydrogens is 290 g/mol. The molecule has 0 radical (unpaired) electrons. The summed E-state index contributed by atoms with van der Waals surface area (Å²) >= 11 is 5.93. The Labute approximate surface area is 126 Å². The predicted octanol–water partition coefficient (Wildman–Crippen LogP) is 3.18. The molecule has 4 nitrogen and oxygen atoms in total. The second-order valence-electron chi connectivity index (χ2n) is 5.06. The molecule has 0 amide bonds. The monoisotopic (exact) mass is 303 g/mol. The average molecular weight is 304 g/mol. The molecule has 3 aromatic rings. The number of benzene rings is 2. The van der Waals surface area contributed by atoms with Crippen molar-refractivity contribution in [2.24, 2.45) is 7.05 Å². The molecule has 1 aromatic heterocycles. The lowest BCUT2D eigenvalue weighted by Crippen LogP contribution is -2.08. The summed E-state index contributed by atoms with van der Waals surface area (Å²) in [7, 11) is 1.65. The van der Waals surface area contributed by atoms with Gasteiger partial charge >= 0.3 is 5.76 Å². The standard InChI is InChI=1S/C16H14ClNO3/c1-9-7-11(17)4-5-12(9)15(19)10-3-6-13-14(8-10)21-16(20)18(13)2/h3-8,15,19H,1-2H3. The van der Waals surface area contributed by atoms with Crippen LogP contribution in [-0.2, 0) is 7.05 Å². The van der Waals surface area contributed by atoms with Gasteiger partial charge in [0.05, 0.1) is 5.52 Å². The van der Waals surface area contributed by atoms with Crippen LogP contribution in [0.5, 0.6) is 0 Å². The minimum atomic E-state index is -0.794. The van der Waals surface area contributed by atoms with Crippen molar-refractivity contribution in [3.05, 3.63) is 68.7 Å². The highest BCUT2D eigenvalue weighted by atomic mass is 35.5. The average Bonchev–Trinajstić information content (AvgIpc) is 2.73. The topological polar surface area (TPSA) is 55.4 Å². The molecule has 108 valence electrons. The maximum Gasteiger partial charge on any atom is 0.419 e. The molecule has 0 spiro atoms. The molecule has 0 saturated heterocycles. The fourth-order valence-electron chi connectivity index (χ4n) is 2.45. The number of oxazole rings is 1. The molecule has 5 heteroatoms. The smallest absolute Gasteiger partial charge is 0.408 e. The summed E-state index contributed by atoms with van der Waals surface area (Å²) < 4.78 is 6.58. The maximum absolute atomic E-state index is 11.5. The summed E-state index contributed by atoms with van der Waals surface area (Å²) in [6, 6.07) is 10.6. The molecule has 1 unspecified atom stereocenters. The van der Waals surface area contributed by atoms with Gasteiger partial charge in [0.1, 0.15) is 6.10 Å². The fraction of sp³-hybridized carbons (Fsp3) is 0.188. The van der Waals surface area contributed by atoms with E-state index >= 15 is 0 Å². The summed E-state index contributed by atoms with van der Waals surface area (Å²) in [5.74, 6) is -0.417. The molecule has 1 N–H and O–H groups in total. The molecule has 2 aromatic carbocycles. The molecule has 0 saturated carbocycles. The number of aromatic nitrogens is 1. The van der Waals surface area contributed by atoms with Gasteiger partial charge in [0, 0.05) is 12.1 Å². The van der Waals surface area contributed by atoms with E-state index in [9.17, 15) is 9.90 Å². The van der Waals surface area contributed by atoms with Crippen LogP contribution in [0.25, 0.3) is 11.1 Å². The van der Waals surface area contributed by atoms with Crippen LogP contribution in [0.15, 0.2) is 45.6 Å². The first-order valence-corrected chi connectivity index (χ1v) is 6.89. The van der Waals surface area contributed by atoms with E-state index in [1.54, 1.807) is 43.4 Å². The van der Waals surface area contributed by atoms with Gasteiger partial charge in [0.2, 0.25) is 0 Å². The second kappa shape index (κ2) is 5.06. The summed E-state index contributed by atoms with van der Waals surface area (Å²) in [4.78, 5) is 11.5. The van der Waals surface area contributed by atoms with E-state index < -0.39 is 11.9 Å². The number of nitrogens with zero attached hydrogens (tertiary/aromatic N) is 1. The fourth-order valence-corrected chi connectivity index (χ4v) is 2.67. The third kappa shape index (κ3) is 2.37. The van der Waals surface area contributed by atoms with Gasteiger partial charge in [-0.25, -0.2) is 4.79 Å². The molecule has 0 aliphatic heterocycles. The van der Waals surface area contributed by atoms with Crippen LogP contribution in [0.2, 0.25) is 5.02 Å².